The molecule has 2 aromatic rings. The Morgan fingerprint density at radius 3 is 2.24 bits per heavy atom. The van der Waals surface area contributed by atoms with Crippen LogP contribution in [0.2, 0.25) is 0 Å². The first-order chi connectivity index (χ1) is 9.70. The third-order valence-corrected chi connectivity index (χ3v) is 6.30. The first-order valence-electron chi connectivity index (χ1n) is 6.41. The molecule has 0 unspecified atom stereocenters. The third-order valence-electron chi connectivity index (χ3n) is 3.14. The Morgan fingerprint density at radius 1 is 1.05 bits per heavy atom. The Hall–Kier alpha value is -1.42. The summed E-state index contributed by atoms with van der Waals surface area (Å²) < 4.78 is 37.1. The van der Waals surface area contributed by atoms with E-state index in [1.54, 1.807) is 19.1 Å². The standard InChI is InChI=1S/C15H18NO3PS/c1-12-9-10-14(15(11-12)21(17,18)19)16-20(2,3)13-7-5-4-6-8-13/h4-11H,1-3H3,(H,17,18,19). The van der Waals surface area contributed by atoms with E-state index in [0.29, 0.717) is 5.69 Å². The summed E-state index contributed by atoms with van der Waals surface area (Å²) in [5.41, 5.74) is 1.07. The number of hydrogen-bond donors (Lipinski definition) is 1. The summed E-state index contributed by atoms with van der Waals surface area (Å²) in [5.74, 6) is 0. The molecule has 0 bridgehead atoms. The fraction of sp³-hybridized carbons (Fsp3) is 0.200. The summed E-state index contributed by atoms with van der Waals surface area (Å²) in [6, 6.07) is 14.6. The molecular formula is C15H18NO3PS. The van der Waals surface area contributed by atoms with E-state index in [2.05, 4.69) is 4.74 Å². The van der Waals surface area contributed by atoms with Crippen LogP contribution in [0.4, 0.5) is 5.69 Å². The van der Waals surface area contributed by atoms with Crippen LogP contribution < -0.4 is 5.30 Å². The SMILES string of the molecule is Cc1ccc(N=P(C)(C)c2ccccc2)c(S(=O)(=O)O)c1. The minimum absolute atomic E-state index is 0.133. The van der Waals surface area contributed by atoms with E-state index in [1.165, 1.54) is 6.07 Å². The highest BCUT2D eigenvalue weighted by Crippen LogP contribution is 2.44. The molecule has 0 amide bonds. The van der Waals surface area contributed by atoms with E-state index >= 15 is 0 Å². The van der Waals surface area contributed by atoms with Crippen molar-refractivity contribution in [3.05, 3.63) is 54.1 Å². The molecule has 2 rings (SSSR count). The molecule has 0 saturated carbocycles. The van der Waals surface area contributed by atoms with Crippen LogP contribution in [0.5, 0.6) is 0 Å². The maximum Gasteiger partial charge on any atom is 0.296 e. The Morgan fingerprint density at radius 2 is 1.67 bits per heavy atom. The molecule has 6 heteroatoms. The molecule has 112 valence electrons. The lowest BCUT2D eigenvalue weighted by Gasteiger charge is -2.16. The monoisotopic (exact) mass is 323 g/mol. The van der Waals surface area contributed by atoms with E-state index in [9.17, 15) is 13.0 Å². The Bertz CT molecular complexity index is 808. The zero-order chi connectivity index (χ0) is 15.7. The smallest absolute Gasteiger partial charge is 0.282 e. The molecule has 0 spiro atoms. The molecule has 0 aromatic heterocycles. The maximum absolute atomic E-state index is 11.5. The molecule has 2 aromatic carbocycles. The largest absolute Gasteiger partial charge is 0.296 e. The van der Waals surface area contributed by atoms with Crippen molar-refractivity contribution in [2.45, 2.75) is 11.8 Å². The summed E-state index contributed by atoms with van der Waals surface area (Å²) in [5, 5.41) is 1.08. The van der Waals surface area contributed by atoms with E-state index in [1.807, 2.05) is 43.7 Å². The quantitative estimate of drug-likeness (QED) is 0.692. The van der Waals surface area contributed by atoms with Crippen molar-refractivity contribution in [1.82, 2.24) is 0 Å². The second-order valence-corrected chi connectivity index (χ2v) is 10.2. The normalized spacial score (nSPS) is 12.2. The van der Waals surface area contributed by atoms with E-state index < -0.39 is 17.2 Å². The number of rotatable bonds is 3. The van der Waals surface area contributed by atoms with Crippen LogP contribution in [0.1, 0.15) is 5.56 Å². The van der Waals surface area contributed by atoms with Gasteiger partial charge in [-0.3, -0.25) is 9.30 Å². The fourth-order valence-electron chi connectivity index (χ4n) is 2.03. The molecule has 0 saturated heterocycles. The number of nitrogens with zero attached hydrogens (tertiary/aromatic N) is 1. The number of aryl methyl sites for hydroxylation is 1. The molecule has 0 aliphatic carbocycles. The van der Waals surface area contributed by atoms with Crippen LogP contribution in [-0.4, -0.2) is 26.3 Å². The lowest BCUT2D eigenvalue weighted by molar-refractivity contribution is 0.483. The highest BCUT2D eigenvalue weighted by Gasteiger charge is 2.17. The lowest BCUT2D eigenvalue weighted by Crippen LogP contribution is -2.03. The second kappa shape index (κ2) is 5.76. The second-order valence-electron chi connectivity index (χ2n) is 5.28. The molecule has 0 heterocycles. The van der Waals surface area contributed by atoms with E-state index in [0.717, 1.165) is 10.9 Å². The maximum atomic E-state index is 11.5. The first kappa shape index (κ1) is 16.0. The Kier molecular flexibility index (Phi) is 4.38. The van der Waals surface area contributed by atoms with Crippen LogP contribution in [0.15, 0.2) is 58.2 Å². The van der Waals surface area contributed by atoms with Gasteiger partial charge in [-0.1, -0.05) is 36.4 Å². The molecule has 1 N–H and O–H groups in total. The van der Waals surface area contributed by atoms with Crippen LogP contribution in [-0.2, 0) is 10.1 Å². The van der Waals surface area contributed by atoms with Gasteiger partial charge in [0.1, 0.15) is 4.90 Å². The van der Waals surface area contributed by atoms with Crippen molar-refractivity contribution in [3.8, 4) is 0 Å². The minimum atomic E-state index is -4.29. The predicted octanol–water partition coefficient (Wildman–Crippen LogP) is 3.66. The molecule has 0 aliphatic heterocycles. The van der Waals surface area contributed by atoms with Gasteiger partial charge in [-0.2, -0.15) is 8.42 Å². The van der Waals surface area contributed by atoms with E-state index in [-0.39, 0.29) is 4.90 Å². The highest BCUT2D eigenvalue weighted by atomic mass is 32.2. The Balaban J connectivity index is 2.66. The zero-order valence-electron chi connectivity index (χ0n) is 12.2. The van der Waals surface area contributed by atoms with Crippen molar-refractivity contribution >= 4 is 28.2 Å². The summed E-state index contributed by atoms with van der Waals surface area (Å²) in [4.78, 5) is -0.133. The fourth-order valence-corrected chi connectivity index (χ4v) is 4.54. The van der Waals surface area contributed by atoms with Crippen molar-refractivity contribution in [3.63, 3.8) is 0 Å². The van der Waals surface area contributed by atoms with Crippen molar-refractivity contribution in [1.29, 1.82) is 0 Å². The van der Waals surface area contributed by atoms with Gasteiger partial charge in [0.15, 0.2) is 0 Å². The minimum Gasteiger partial charge on any atom is -0.282 e. The van der Waals surface area contributed by atoms with Crippen molar-refractivity contribution in [2.24, 2.45) is 4.74 Å². The summed E-state index contributed by atoms with van der Waals surface area (Å²) in [6.07, 6.45) is 0. The van der Waals surface area contributed by atoms with Gasteiger partial charge in [0.25, 0.3) is 10.1 Å². The molecule has 21 heavy (non-hydrogen) atoms. The molecule has 0 radical (unpaired) electrons. The highest BCUT2D eigenvalue weighted by molar-refractivity contribution is 7.86. The summed E-state index contributed by atoms with van der Waals surface area (Å²) >= 11 is 0. The third kappa shape index (κ3) is 3.82. The van der Waals surface area contributed by atoms with Crippen LogP contribution in [0, 0.1) is 6.92 Å². The van der Waals surface area contributed by atoms with Crippen LogP contribution >= 0.6 is 7.05 Å². The molecule has 0 atom stereocenters. The predicted molar refractivity (Wildman–Crippen MR) is 87.9 cm³/mol. The van der Waals surface area contributed by atoms with Gasteiger partial charge in [-0.15, -0.1) is 0 Å². The van der Waals surface area contributed by atoms with Crippen molar-refractivity contribution in [2.75, 3.05) is 13.3 Å². The van der Waals surface area contributed by atoms with Gasteiger partial charge in [-0.05, 0) is 43.3 Å². The average molecular weight is 323 g/mol. The topological polar surface area (TPSA) is 66.7 Å². The van der Waals surface area contributed by atoms with Gasteiger partial charge in [-0.25, -0.2) is 0 Å². The lowest BCUT2D eigenvalue weighted by atomic mass is 10.2. The van der Waals surface area contributed by atoms with Crippen LogP contribution in [0.25, 0.3) is 0 Å². The van der Waals surface area contributed by atoms with E-state index in [4.69, 9.17) is 0 Å². The average Bonchev–Trinajstić information content (AvgIpc) is 2.40. The van der Waals surface area contributed by atoms with Gasteiger partial charge < -0.3 is 0 Å². The summed E-state index contributed by atoms with van der Waals surface area (Å²) in [6.45, 7) is 5.79. The number of benzene rings is 2. The number of hydrogen-bond acceptors (Lipinski definition) is 3. The van der Waals surface area contributed by atoms with Gasteiger partial charge in [0.05, 0.1) is 5.69 Å². The van der Waals surface area contributed by atoms with Gasteiger partial charge >= 0.3 is 0 Å². The zero-order valence-corrected chi connectivity index (χ0v) is 13.9. The molecule has 0 aliphatic rings. The van der Waals surface area contributed by atoms with Gasteiger partial charge in [0, 0.05) is 7.05 Å². The van der Waals surface area contributed by atoms with Crippen molar-refractivity contribution < 1.29 is 13.0 Å². The molecule has 0 fully saturated rings. The first-order valence-corrected chi connectivity index (χ1v) is 10.5. The molecule has 4 nitrogen and oxygen atoms in total. The van der Waals surface area contributed by atoms with Gasteiger partial charge in [0.2, 0.25) is 0 Å². The summed E-state index contributed by atoms with van der Waals surface area (Å²) in [7, 11) is -6.17. The molecular weight excluding hydrogens is 305 g/mol. The Labute approximate surface area is 125 Å². The van der Waals surface area contributed by atoms with Crippen LogP contribution in [0.3, 0.4) is 0 Å².